The molecule has 1 unspecified atom stereocenters. The standard InChI is InChI=1S/C12H27N3/c1-3-12(2)15-9-5-8-14(10-11-15)7-4-6-13/h12H,3-11,13H2,1-2H3. The van der Waals surface area contributed by atoms with Crippen molar-refractivity contribution in [1.82, 2.24) is 9.80 Å². The minimum atomic E-state index is 0.749. The van der Waals surface area contributed by atoms with Crippen molar-refractivity contribution in [2.24, 2.45) is 5.73 Å². The smallest absolute Gasteiger partial charge is 0.0112 e. The molecule has 1 rings (SSSR count). The van der Waals surface area contributed by atoms with Crippen LogP contribution in [0, 0.1) is 0 Å². The second-order valence-corrected chi connectivity index (χ2v) is 4.63. The lowest BCUT2D eigenvalue weighted by atomic mass is 10.2. The predicted octanol–water partition coefficient (Wildman–Crippen LogP) is 1.14. The maximum Gasteiger partial charge on any atom is 0.0112 e. The van der Waals surface area contributed by atoms with E-state index in [2.05, 4.69) is 23.6 Å². The van der Waals surface area contributed by atoms with Gasteiger partial charge in [0.25, 0.3) is 0 Å². The maximum absolute atomic E-state index is 5.54. The molecule has 2 N–H and O–H groups in total. The van der Waals surface area contributed by atoms with Crippen LogP contribution in [0.25, 0.3) is 0 Å². The molecule has 0 aromatic rings. The molecule has 0 spiro atoms. The monoisotopic (exact) mass is 213 g/mol. The average Bonchev–Trinajstić information content (AvgIpc) is 2.50. The third-order valence-electron chi connectivity index (χ3n) is 3.52. The highest BCUT2D eigenvalue weighted by Gasteiger charge is 2.17. The van der Waals surface area contributed by atoms with Crippen molar-refractivity contribution < 1.29 is 0 Å². The molecule has 1 aliphatic heterocycles. The lowest BCUT2D eigenvalue weighted by molar-refractivity contribution is 0.204. The Kier molecular flexibility index (Phi) is 6.22. The summed E-state index contributed by atoms with van der Waals surface area (Å²) in [6.45, 7) is 11.6. The van der Waals surface area contributed by atoms with Crippen molar-refractivity contribution in [2.45, 2.75) is 39.2 Å². The zero-order valence-corrected chi connectivity index (χ0v) is 10.4. The van der Waals surface area contributed by atoms with E-state index in [1.807, 2.05) is 0 Å². The van der Waals surface area contributed by atoms with Crippen LogP contribution in [0.4, 0.5) is 0 Å². The fraction of sp³-hybridized carbons (Fsp3) is 1.00. The van der Waals surface area contributed by atoms with Gasteiger partial charge in [0.2, 0.25) is 0 Å². The number of rotatable bonds is 5. The molecule has 1 atom stereocenters. The van der Waals surface area contributed by atoms with Crippen LogP contribution >= 0.6 is 0 Å². The molecule has 1 heterocycles. The van der Waals surface area contributed by atoms with Crippen LogP contribution in [-0.2, 0) is 0 Å². The van der Waals surface area contributed by atoms with Gasteiger partial charge < -0.3 is 10.6 Å². The average molecular weight is 213 g/mol. The second-order valence-electron chi connectivity index (χ2n) is 4.63. The Morgan fingerprint density at radius 3 is 2.67 bits per heavy atom. The van der Waals surface area contributed by atoms with Gasteiger partial charge in [-0.2, -0.15) is 0 Å². The molecule has 0 aromatic heterocycles. The SMILES string of the molecule is CCC(C)N1CCCN(CCCN)CC1. The van der Waals surface area contributed by atoms with Crippen LogP contribution in [-0.4, -0.2) is 55.1 Å². The Bertz CT molecular complexity index is 161. The first kappa shape index (κ1) is 12.9. The number of nitrogens with zero attached hydrogens (tertiary/aromatic N) is 2. The summed E-state index contributed by atoms with van der Waals surface area (Å²) in [5.41, 5.74) is 5.54. The predicted molar refractivity (Wildman–Crippen MR) is 66.1 cm³/mol. The van der Waals surface area contributed by atoms with Gasteiger partial charge in [0, 0.05) is 19.1 Å². The van der Waals surface area contributed by atoms with Crippen LogP contribution in [0.15, 0.2) is 0 Å². The van der Waals surface area contributed by atoms with Crippen molar-refractivity contribution in [3.63, 3.8) is 0 Å². The van der Waals surface area contributed by atoms with E-state index >= 15 is 0 Å². The molecule has 1 aliphatic rings. The first-order valence-corrected chi connectivity index (χ1v) is 6.44. The molecular weight excluding hydrogens is 186 g/mol. The van der Waals surface area contributed by atoms with Gasteiger partial charge in [0.15, 0.2) is 0 Å². The minimum Gasteiger partial charge on any atom is -0.330 e. The van der Waals surface area contributed by atoms with E-state index in [1.165, 1.54) is 45.6 Å². The van der Waals surface area contributed by atoms with Crippen molar-refractivity contribution in [3.8, 4) is 0 Å². The summed E-state index contributed by atoms with van der Waals surface area (Å²) in [5.74, 6) is 0. The fourth-order valence-corrected chi connectivity index (χ4v) is 2.23. The van der Waals surface area contributed by atoms with E-state index in [4.69, 9.17) is 5.73 Å². The number of nitrogens with two attached hydrogens (primary N) is 1. The Morgan fingerprint density at radius 2 is 2.00 bits per heavy atom. The van der Waals surface area contributed by atoms with E-state index in [0.29, 0.717) is 0 Å². The highest BCUT2D eigenvalue weighted by atomic mass is 15.2. The summed E-state index contributed by atoms with van der Waals surface area (Å²) in [4.78, 5) is 5.19. The molecule has 0 radical (unpaired) electrons. The summed E-state index contributed by atoms with van der Waals surface area (Å²) < 4.78 is 0. The molecule has 15 heavy (non-hydrogen) atoms. The zero-order valence-electron chi connectivity index (χ0n) is 10.4. The third-order valence-corrected chi connectivity index (χ3v) is 3.52. The van der Waals surface area contributed by atoms with Gasteiger partial charge >= 0.3 is 0 Å². The molecule has 0 aromatic carbocycles. The van der Waals surface area contributed by atoms with Crippen LogP contribution in [0.3, 0.4) is 0 Å². The van der Waals surface area contributed by atoms with E-state index in [0.717, 1.165) is 19.0 Å². The Labute approximate surface area is 94.6 Å². The Balaban J connectivity index is 2.28. The van der Waals surface area contributed by atoms with Crippen LogP contribution in [0.5, 0.6) is 0 Å². The molecule has 3 heteroatoms. The zero-order chi connectivity index (χ0) is 11.1. The van der Waals surface area contributed by atoms with Gasteiger partial charge in [-0.1, -0.05) is 6.92 Å². The third kappa shape index (κ3) is 4.49. The Morgan fingerprint density at radius 1 is 1.20 bits per heavy atom. The minimum absolute atomic E-state index is 0.749. The first-order chi connectivity index (χ1) is 7.27. The molecule has 1 saturated heterocycles. The summed E-state index contributed by atoms with van der Waals surface area (Å²) in [6.07, 6.45) is 3.72. The molecular formula is C12H27N3. The second kappa shape index (κ2) is 7.20. The normalized spacial score (nSPS) is 22.6. The highest BCUT2D eigenvalue weighted by Crippen LogP contribution is 2.09. The van der Waals surface area contributed by atoms with E-state index in [-0.39, 0.29) is 0 Å². The quantitative estimate of drug-likeness (QED) is 0.743. The summed E-state index contributed by atoms with van der Waals surface area (Å²) >= 11 is 0. The number of hydrogen-bond acceptors (Lipinski definition) is 3. The van der Waals surface area contributed by atoms with Gasteiger partial charge in [0.05, 0.1) is 0 Å². The van der Waals surface area contributed by atoms with Gasteiger partial charge in [-0.3, -0.25) is 4.90 Å². The maximum atomic E-state index is 5.54. The van der Waals surface area contributed by atoms with Crippen LogP contribution < -0.4 is 5.73 Å². The van der Waals surface area contributed by atoms with Crippen molar-refractivity contribution >= 4 is 0 Å². The van der Waals surface area contributed by atoms with Crippen molar-refractivity contribution in [2.75, 3.05) is 39.3 Å². The molecule has 1 fully saturated rings. The van der Waals surface area contributed by atoms with Gasteiger partial charge in [-0.05, 0) is 52.4 Å². The molecule has 0 bridgehead atoms. The van der Waals surface area contributed by atoms with E-state index in [1.54, 1.807) is 0 Å². The number of hydrogen-bond donors (Lipinski definition) is 1. The molecule has 90 valence electrons. The molecule has 0 amide bonds. The van der Waals surface area contributed by atoms with E-state index < -0.39 is 0 Å². The largest absolute Gasteiger partial charge is 0.330 e. The lowest BCUT2D eigenvalue weighted by Gasteiger charge is -2.26. The van der Waals surface area contributed by atoms with Gasteiger partial charge in [-0.15, -0.1) is 0 Å². The Hall–Kier alpha value is -0.120. The molecule has 0 aliphatic carbocycles. The summed E-state index contributed by atoms with van der Waals surface area (Å²) in [5, 5.41) is 0. The van der Waals surface area contributed by atoms with Gasteiger partial charge in [0.1, 0.15) is 0 Å². The summed E-state index contributed by atoms with van der Waals surface area (Å²) in [7, 11) is 0. The molecule has 0 saturated carbocycles. The van der Waals surface area contributed by atoms with Crippen molar-refractivity contribution in [1.29, 1.82) is 0 Å². The fourth-order valence-electron chi connectivity index (χ4n) is 2.23. The van der Waals surface area contributed by atoms with Crippen LogP contribution in [0.1, 0.15) is 33.1 Å². The lowest BCUT2D eigenvalue weighted by Crippen LogP contribution is -2.36. The first-order valence-electron chi connectivity index (χ1n) is 6.44. The van der Waals surface area contributed by atoms with Crippen LogP contribution in [0.2, 0.25) is 0 Å². The highest BCUT2D eigenvalue weighted by molar-refractivity contribution is 4.73. The van der Waals surface area contributed by atoms with Crippen molar-refractivity contribution in [3.05, 3.63) is 0 Å². The van der Waals surface area contributed by atoms with Gasteiger partial charge in [-0.25, -0.2) is 0 Å². The molecule has 3 nitrogen and oxygen atoms in total. The summed E-state index contributed by atoms with van der Waals surface area (Å²) in [6, 6.07) is 0.749. The topological polar surface area (TPSA) is 32.5 Å². The van der Waals surface area contributed by atoms with E-state index in [9.17, 15) is 0 Å².